The number of benzene rings is 1. The average molecular weight is 556 g/mol. The summed E-state index contributed by atoms with van der Waals surface area (Å²) in [5, 5.41) is 13.9. The molecule has 1 aromatic heterocycles. The second-order valence-electron chi connectivity index (χ2n) is 8.78. The molecule has 2 rings (SSSR count). The topological polar surface area (TPSA) is 92.6 Å². The maximum Gasteiger partial charge on any atom is 0.407 e. The number of carbonyl (C=O) groups is 1. The van der Waals surface area contributed by atoms with Crippen molar-refractivity contribution in [3.8, 4) is 0 Å². The number of rotatable bonds is 8. The van der Waals surface area contributed by atoms with Crippen molar-refractivity contribution in [1.82, 2.24) is 25.7 Å². The Morgan fingerprint density at radius 3 is 2.41 bits per heavy atom. The lowest BCUT2D eigenvalue weighted by Crippen LogP contribution is -2.50. The minimum absolute atomic E-state index is 0. The molecular weight excluding hydrogens is 519 g/mol. The fourth-order valence-corrected chi connectivity index (χ4v) is 2.97. The highest BCUT2D eigenvalue weighted by atomic mass is 127. The number of carbonyl (C=O) groups excluding carboxylic acids is 1. The second-order valence-corrected chi connectivity index (χ2v) is 8.78. The Hall–Kier alpha value is -2.30. The van der Waals surface area contributed by atoms with Crippen LogP contribution in [0.5, 0.6) is 0 Å². The van der Waals surface area contributed by atoms with Crippen LogP contribution in [0, 0.1) is 5.92 Å². The highest BCUT2D eigenvalue weighted by Gasteiger charge is 2.21. The van der Waals surface area contributed by atoms with Crippen LogP contribution in [0.15, 0.2) is 47.7 Å². The highest BCUT2D eigenvalue weighted by Crippen LogP contribution is 2.11. The van der Waals surface area contributed by atoms with E-state index in [9.17, 15) is 4.79 Å². The van der Waals surface area contributed by atoms with Gasteiger partial charge in [0.1, 0.15) is 5.60 Å². The lowest BCUT2D eigenvalue weighted by Gasteiger charge is -2.26. The molecule has 0 fully saturated rings. The van der Waals surface area contributed by atoms with Crippen LogP contribution in [0.25, 0.3) is 0 Å². The van der Waals surface area contributed by atoms with Crippen molar-refractivity contribution in [3.63, 3.8) is 0 Å². The summed E-state index contributed by atoms with van der Waals surface area (Å²) in [4.78, 5) is 16.5. The average Bonchev–Trinajstić information content (AvgIpc) is 3.19. The van der Waals surface area contributed by atoms with Crippen molar-refractivity contribution in [2.75, 3.05) is 13.6 Å². The van der Waals surface area contributed by atoms with Crippen molar-refractivity contribution in [2.45, 2.75) is 59.4 Å². The molecule has 1 aromatic carbocycles. The zero-order chi connectivity index (χ0) is 22.9. The summed E-state index contributed by atoms with van der Waals surface area (Å²) in [5.74, 6) is 0.901. The van der Waals surface area contributed by atoms with Crippen molar-refractivity contribution in [3.05, 3.63) is 53.9 Å². The number of guanidine groups is 1. The molecular formula is C23H37IN6O2. The van der Waals surface area contributed by atoms with Gasteiger partial charge in [0.25, 0.3) is 0 Å². The number of halogens is 1. The van der Waals surface area contributed by atoms with E-state index >= 15 is 0 Å². The van der Waals surface area contributed by atoms with E-state index in [1.54, 1.807) is 13.2 Å². The molecule has 178 valence electrons. The molecule has 1 unspecified atom stereocenters. The van der Waals surface area contributed by atoms with E-state index in [0.29, 0.717) is 25.6 Å². The van der Waals surface area contributed by atoms with Gasteiger partial charge >= 0.3 is 6.09 Å². The molecule has 0 aliphatic carbocycles. The minimum atomic E-state index is -0.528. The van der Waals surface area contributed by atoms with Gasteiger partial charge < -0.3 is 20.7 Å². The molecule has 3 N–H and O–H groups in total. The van der Waals surface area contributed by atoms with E-state index in [-0.39, 0.29) is 35.9 Å². The van der Waals surface area contributed by atoms with Gasteiger partial charge in [0, 0.05) is 32.5 Å². The summed E-state index contributed by atoms with van der Waals surface area (Å²) in [6, 6.07) is 10.1. The largest absolute Gasteiger partial charge is 0.444 e. The summed E-state index contributed by atoms with van der Waals surface area (Å²) < 4.78 is 7.29. The Kier molecular flexibility index (Phi) is 11.5. The Labute approximate surface area is 208 Å². The zero-order valence-corrected chi connectivity index (χ0v) is 22.2. The third-order valence-electron chi connectivity index (χ3n) is 4.68. The van der Waals surface area contributed by atoms with Gasteiger partial charge in [-0.2, -0.15) is 5.10 Å². The smallest absolute Gasteiger partial charge is 0.407 e. The maximum atomic E-state index is 12.2. The molecule has 0 radical (unpaired) electrons. The van der Waals surface area contributed by atoms with Crippen molar-refractivity contribution >= 4 is 36.0 Å². The molecule has 0 bridgehead atoms. The lowest BCUT2D eigenvalue weighted by atomic mass is 10.0. The normalized spacial score (nSPS) is 12.7. The van der Waals surface area contributed by atoms with Crippen molar-refractivity contribution in [1.29, 1.82) is 0 Å². The lowest BCUT2D eigenvalue weighted by molar-refractivity contribution is 0.0491. The number of amides is 1. The van der Waals surface area contributed by atoms with Gasteiger partial charge in [-0.3, -0.25) is 9.67 Å². The molecule has 9 heteroatoms. The van der Waals surface area contributed by atoms with E-state index in [0.717, 1.165) is 0 Å². The number of nitrogens with one attached hydrogen (secondary N) is 3. The van der Waals surface area contributed by atoms with Gasteiger partial charge in [0.15, 0.2) is 5.96 Å². The van der Waals surface area contributed by atoms with E-state index < -0.39 is 11.7 Å². The van der Waals surface area contributed by atoms with Gasteiger partial charge in [0.05, 0.1) is 12.6 Å². The number of alkyl carbamates (subject to hydrolysis) is 1. The van der Waals surface area contributed by atoms with Crippen LogP contribution < -0.4 is 16.0 Å². The van der Waals surface area contributed by atoms with E-state index in [4.69, 9.17) is 4.74 Å². The first-order valence-corrected chi connectivity index (χ1v) is 10.7. The second kappa shape index (κ2) is 13.3. The van der Waals surface area contributed by atoms with Crippen LogP contribution in [0.2, 0.25) is 0 Å². The Balaban J connectivity index is 0.00000512. The van der Waals surface area contributed by atoms with Crippen molar-refractivity contribution in [2.24, 2.45) is 10.9 Å². The molecule has 1 heterocycles. The third-order valence-corrected chi connectivity index (χ3v) is 4.68. The Bertz CT molecular complexity index is 846. The minimum Gasteiger partial charge on any atom is -0.444 e. The first-order chi connectivity index (χ1) is 14.7. The van der Waals surface area contributed by atoms with Crippen LogP contribution >= 0.6 is 24.0 Å². The molecule has 8 nitrogen and oxygen atoms in total. The predicted molar refractivity (Wildman–Crippen MR) is 139 cm³/mol. The molecule has 32 heavy (non-hydrogen) atoms. The maximum absolute atomic E-state index is 12.2. The van der Waals surface area contributed by atoms with Crippen molar-refractivity contribution < 1.29 is 9.53 Å². The van der Waals surface area contributed by atoms with E-state index in [2.05, 4.69) is 52.0 Å². The molecule has 1 atom stereocenters. The van der Waals surface area contributed by atoms with E-state index in [1.807, 2.05) is 49.8 Å². The fourth-order valence-electron chi connectivity index (χ4n) is 2.97. The monoisotopic (exact) mass is 556 g/mol. The summed E-state index contributed by atoms with van der Waals surface area (Å²) in [5.41, 5.74) is 1.84. The number of aromatic nitrogens is 2. The highest BCUT2D eigenvalue weighted by molar-refractivity contribution is 14.0. The molecule has 0 saturated carbocycles. The summed E-state index contributed by atoms with van der Waals surface area (Å²) in [6.07, 6.45) is 3.32. The number of aliphatic imine (C=N–C) groups is 1. The van der Waals surface area contributed by atoms with Gasteiger partial charge in [0.2, 0.25) is 0 Å². The number of hydrogen-bond donors (Lipinski definition) is 3. The Morgan fingerprint density at radius 1 is 1.16 bits per heavy atom. The number of nitrogens with zero attached hydrogens (tertiary/aromatic N) is 3. The standard InChI is InChI=1S/C23H36N6O2.HI/c1-17(2)20(28-22(30)31-23(3,4)5)15-26-21(24-6)25-14-18-10-7-8-11-19(18)16-29-13-9-12-27-29;/h7-13,17,20H,14-16H2,1-6H3,(H,28,30)(H2,24,25,26);1H. The first kappa shape index (κ1) is 27.7. The van der Waals surface area contributed by atoms with Gasteiger partial charge in [-0.1, -0.05) is 38.1 Å². The number of hydrogen-bond acceptors (Lipinski definition) is 4. The third kappa shape index (κ3) is 9.88. The summed E-state index contributed by atoms with van der Waals surface area (Å²) >= 11 is 0. The van der Waals surface area contributed by atoms with Crippen LogP contribution in [0.4, 0.5) is 4.79 Å². The summed E-state index contributed by atoms with van der Waals surface area (Å²) in [6.45, 7) is 11.6. The van der Waals surface area contributed by atoms with Crippen LogP contribution in [-0.2, 0) is 17.8 Å². The fraction of sp³-hybridized carbons (Fsp3) is 0.522. The molecule has 1 amide bonds. The summed E-state index contributed by atoms with van der Waals surface area (Å²) in [7, 11) is 1.73. The van der Waals surface area contributed by atoms with Gasteiger partial charge in [-0.15, -0.1) is 24.0 Å². The predicted octanol–water partition coefficient (Wildman–Crippen LogP) is 3.76. The molecule has 2 aromatic rings. The van der Waals surface area contributed by atoms with Gasteiger partial charge in [-0.25, -0.2) is 4.79 Å². The molecule has 0 saturated heterocycles. The van der Waals surface area contributed by atoms with Crippen LogP contribution in [0.1, 0.15) is 45.7 Å². The molecule has 0 aliphatic heterocycles. The SMILES string of the molecule is CN=C(NCc1ccccc1Cn1cccn1)NCC(NC(=O)OC(C)(C)C)C(C)C.I. The Morgan fingerprint density at radius 2 is 1.84 bits per heavy atom. The molecule has 0 aliphatic rings. The molecule has 0 spiro atoms. The number of ether oxygens (including phenoxy) is 1. The van der Waals surface area contributed by atoms with Crippen LogP contribution in [0.3, 0.4) is 0 Å². The zero-order valence-electron chi connectivity index (χ0n) is 19.9. The quantitative estimate of drug-likeness (QED) is 0.262. The van der Waals surface area contributed by atoms with Gasteiger partial charge in [-0.05, 0) is 43.9 Å². The van der Waals surface area contributed by atoms with Crippen LogP contribution in [-0.4, -0.2) is 47.1 Å². The van der Waals surface area contributed by atoms with E-state index in [1.165, 1.54) is 11.1 Å². The first-order valence-electron chi connectivity index (χ1n) is 10.7.